The Morgan fingerprint density at radius 3 is 2.03 bits per heavy atom. The molecule has 4 rings (SSSR count). The molecule has 3 aromatic carbocycles. The molecule has 0 amide bonds. The summed E-state index contributed by atoms with van der Waals surface area (Å²) in [4.78, 5) is 19.0. The summed E-state index contributed by atoms with van der Waals surface area (Å²) in [6.07, 6.45) is 0. The minimum Gasteiger partial charge on any atom is -0.280 e. The number of carbonyl (C=O) groups is 1. The molecule has 0 N–H and O–H groups in total. The van der Waals surface area contributed by atoms with E-state index in [4.69, 9.17) is 0 Å². The second-order valence-electron chi connectivity index (χ2n) is 6.67. The number of carbonyl (C=O) groups excluding carboxylic acids is 1. The molecule has 0 saturated heterocycles. The first-order chi connectivity index (χ1) is 14.7. The molecule has 30 heavy (non-hydrogen) atoms. The Labute approximate surface area is 184 Å². The summed E-state index contributed by atoms with van der Waals surface area (Å²) >= 11 is 2.64. The van der Waals surface area contributed by atoms with Gasteiger partial charge in [0.1, 0.15) is 4.88 Å². The second kappa shape index (κ2) is 9.55. The van der Waals surface area contributed by atoms with E-state index in [1.165, 1.54) is 28.7 Å². The third-order valence-corrected chi connectivity index (χ3v) is 6.40. The molecule has 0 radical (unpaired) electrons. The number of aliphatic imine (C=N–C) groups is 1. The van der Waals surface area contributed by atoms with Crippen LogP contribution in [0.3, 0.4) is 0 Å². The van der Waals surface area contributed by atoms with Crippen molar-refractivity contribution in [2.75, 3.05) is 0 Å². The van der Waals surface area contributed by atoms with E-state index < -0.39 is 0 Å². The summed E-state index contributed by atoms with van der Waals surface area (Å²) in [5, 5.41) is 1.89. The quantitative estimate of drug-likeness (QED) is 0.246. The molecule has 4 aromatic rings. The van der Waals surface area contributed by atoms with Crippen LogP contribution in [0.2, 0.25) is 0 Å². The molecule has 2 nitrogen and oxygen atoms in total. The van der Waals surface area contributed by atoms with Gasteiger partial charge in [0, 0.05) is 4.90 Å². The molecule has 0 spiro atoms. The zero-order valence-corrected chi connectivity index (χ0v) is 18.0. The zero-order valence-electron chi connectivity index (χ0n) is 16.4. The third kappa shape index (κ3) is 4.87. The van der Waals surface area contributed by atoms with E-state index in [9.17, 15) is 4.79 Å². The fraction of sp³-hybridized carbons (Fsp3) is 0.0385. The Morgan fingerprint density at radius 2 is 1.43 bits per heavy atom. The van der Waals surface area contributed by atoms with Gasteiger partial charge in [-0.25, -0.2) is 4.99 Å². The van der Waals surface area contributed by atoms with E-state index in [1.54, 1.807) is 0 Å². The fourth-order valence-electron chi connectivity index (χ4n) is 2.92. The van der Waals surface area contributed by atoms with Crippen molar-refractivity contribution >= 4 is 45.3 Å². The zero-order chi connectivity index (χ0) is 20.8. The molecule has 146 valence electrons. The highest BCUT2D eigenvalue weighted by molar-refractivity contribution is 8.14. The molecule has 0 atom stereocenters. The number of hydrogen-bond acceptors (Lipinski definition) is 4. The first-order valence-electron chi connectivity index (χ1n) is 9.51. The van der Waals surface area contributed by atoms with Gasteiger partial charge in [-0.2, -0.15) is 0 Å². The number of hydrogen-bond donors (Lipinski definition) is 0. The molecule has 0 fully saturated rings. The van der Waals surface area contributed by atoms with Crippen LogP contribution in [0.4, 0.5) is 5.69 Å². The van der Waals surface area contributed by atoms with E-state index in [2.05, 4.69) is 10.9 Å². The first-order valence-corrected chi connectivity index (χ1v) is 11.2. The van der Waals surface area contributed by atoms with Crippen molar-refractivity contribution in [2.45, 2.75) is 11.8 Å². The lowest BCUT2D eigenvalue weighted by molar-refractivity contribution is 0.109. The Balaban J connectivity index is 1.68. The molecule has 0 unspecified atom stereocenters. The van der Waals surface area contributed by atoms with E-state index in [-0.39, 0.29) is 5.12 Å². The molecule has 1 aromatic heterocycles. The lowest BCUT2D eigenvalue weighted by Gasteiger charge is -2.04. The number of thiophene rings is 1. The van der Waals surface area contributed by atoms with Gasteiger partial charge >= 0.3 is 0 Å². The van der Waals surface area contributed by atoms with Gasteiger partial charge in [0.2, 0.25) is 5.12 Å². The van der Waals surface area contributed by atoms with Crippen LogP contribution in [0.15, 0.2) is 106 Å². The van der Waals surface area contributed by atoms with E-state index in [0.29, 0.717) is 10.6 Å². The van der Waals surface area contributed by atoms with Crippen molar-refractivity contribution in [1.82, 2.24) is 0 Å². The summed E-state index contributed by atoms with van der Waals surface area (Å²) in [7, 11) is 0. The topological polar surface area (TPSA) is 29.4 Å². The van der Waals surface area contributed by atoms with Crippen LogP contribution in [-0.2, 0) is 0 Å². The normalized spacial score (nSPS) is 10.3. The highest BCUT2D eigenvalue weighted by Gasteiger charge is 2.14. The maximum absolute atomic E-state index is 12.8. The number of aryl methyl sites for hydroxylation is 1. The summed E-state index contributed by atoms with van der Waals surface area (Å²) in [6, 6.07) is 30.0. The number of nitrogens with zero attached hydrogens (tertiary/aromatic N) is 1. The monoisotopic (exact) mass is 425 g/mol. The number of rotatable bonds is 5. The van der Waals surface area contributed by atoms with Gasteiger partial charge in [0.15, 0.2) is 0 Å². The lowest BCUT2D eigenvalue weighted by Crippen LogP contribution is -1.90. The van der Waals surface area contributed by atoms with Gasteiger partial charge in [-0.1, -0.05) is 78.4 Å². The van der Waals surface area contributed by atoms with Crippen LogP contribution in [0, 0.1) is 6.92 Å². The lowest BCUT2D eigenvalue weighted by atomic mass is 9.99. The van der Waals surface area contributed by atoms with Crippen molar-refractivity contribution in [3.63, 3.8) is 0 Å². The fourth-order valence-corrected chi connectivity index (χ4v) is 4.54. The van der Waals surface area contributed by atoms with Crippen LogP contribution >= 0.6 is 23.1 Å². The van der Waals surface area contributed by atoms with Gasteiger partial charge in [-0.15, -0.1) is 11.3 Å². The minimum atomic E-state index is -0.00428. The molecular weight excluding hydrogens is 406 g/mol. The molecule has 0 saturated carbocycles. The van der Waals surface area contributed by atoms with Crippen molar-refractivity contribution in [3.05, 3.63) is 118 Å². The summed E-state index contributed by atoms with van der Waals surface area (Å²) in [6.45, 7) is 2.03. The predicted octanol–water partition coefficient (Wildman–Crippen LogP) is 7.42. The summed E-state index contributed by atoms with van der Waals surface area (Å²) in [5.74, 6) is 3.21. The molecular formula is C26H19NOS2. The largest absolute Gasteiger partial charge is 0.280 e. The maximum Gasteiger partial charge on any atom is 0.236 e. The molecule has 4 heteroatoms. The standard InChI is InChI=1S/C26H19NOS2/c1-19-12-14-22(15-13-19)30-26(28)25-24(16-17-29-25)27-18-23(20-8-4-2-5-9-20)21-10-6-3-7-11-21/h2-17H,1H3. The van der Waals surface area contributed by atoms with Crippen LogP contribution in [0.25, 0.3) is 5.57 Å². The molecule has 0 aliphatic heterocycles. The van der Waals surface area contributed by atoms with Crippen molar-refractivity contribution in [2.24, 2.45) is 4.99 Å². The second-order valence-corrected chi connectivity index (χ2v) is 8.63. The average Bonchev–Trinajstić information content (AvgIpc) is 3.26. The molecule has 1 heterocycles. The Hall–Kier alpha value is -3.17. The Bertz CT molecular complexity index is 1160. The number of benzene rings is 3. The predicted molar refractivity (Wildman–Crippen MR) is 128 cm³/mol. The summed E-state index contributed by atoms with van der Waals surface area (Å²) < 4.78 is 0. The highest BCUT2D eigenvalue weighted by Crippen LogP contribution is 2.32. The van der Waals surface area contributed by atoms with Gasteiger partial charge < -0.3 is 0 Å². The van der Waals surface area contributed by atoms with Gasteiger partial charge in [0.05, 0.1) is 11.3 Å². The van der Waals surface area contributed by atoms with E-state index in [0.717, 1.165) is 21.6 Å². The van der Waals surface area contributed by atoms with Crippen molar-refractivity contribution in [3.8, 4) is 0 Å². The van der Waals surface area contributed by atoms with Gasteiger partial charge in [-0.05, 0) is 59.3 Å². The summed E-state index contributed by atoms with van der Waals surface area (Å²) in [5.41, 5.74) is 4.78. The minimum absolute atomic E-state index is 0.00428. The van der Waals surface area contributed by atoms with Crippen molar-refractivity contribution in [1.29, 1.82) is 0 Å². The molecule has 0 bridgehead atoms. The maximum atomic E-state index is 12.8. The van der Waals surface area contributed by atoms with Gasteiger partial charge in [-0.3, -0.25) is 4.79 Å². The smallest absolute Gasteiger partial charge is 0.236 e. The van der Waals surface area contributed by atoms with E-state index >= 15 is 0 Å². The first kappa shape index (κ1) is 20.1. The molecule has 0 aliphatic rings. The Kier molecular flexibility index (Phi) is 6.41. The average molecular weight is 426 g/mol. The van der Waals surface area contributed by atoms with Crippen LogP contribution in [0.1, 0.15) is 26.4 Å². The van der Waals surface area contributed by atoms with Crippen LogP contribution < -0.4 is 0 Å². The van der Waals surface area contributed by atoms with Crippen LogP contribution in [0.5, 0.6) is 0 Å². The highest BCUT2D eigenvalue weighted by atomic mass is 32.2. The Morgan fingerprint density at radius 1 is 0.833 bits per heavy atom. The molecule has 0 aliphatic carbocycles. The number of thioether (sulfide) groups is 1. The SMILES string of the molecule is Cc1ccc(SC(=O)c2sccc2N=C=C(c2ccccc2)c2ccccc2)cc1. The van der Waals surface area contributed by atoms with Crippen molar-refractivity contribution < 1.29 is 4.79 Å². The van der Waals surface area contributed by atoms with Gasteiger partial charge in [0.25, 0.3) is 0 Å². The van der Waals surface area contributed by atoms with E-state index in [1.807, 2.05) is 103 Å². The van der Waals surface area contributed by atoms with Crippen LogP contribution in [-0.4, -0.2) is 11.0 Å². The third-order valence-electron chi connectivity index (χ3n) is 4.47.